The maximum Gasteiger partial charge on any atom is 0.267 e. The van der Waals surface area contributed by atoms with Gasteiger partial charge >= 0.3 is 0 Å². The summed E-state index contributed by atoms with van der Waals surface area (Å²) in [6.45, 7) is 2.12. The van der Waals surface area contributed by atoms with Crippen LogP contribution in [0.3, 0.4) is 0 Å². The van der Waals surface area contributed by atoms with E-state index in [1.807, 2.05) is 13.0 Å². The SMILES string of the molecule is CC1CN(S(=O)(=O)c2cn[nH]c2)c2ccccc2O1. The number of hydrogen-bond donors (Lipinski definition) is 1. The molecule has 100 valence electrons. The average Bonchev–Trinajstić information content (AvgIpc) is 2.92. The van der Waals surface area contributed by atoms with Crippen molar-refractivity contribution < 1.29 is 13.2 Å². The number of hydrogen-bond acceptors (Lipinski definition) is 4. The van der Waals surface area contributed by atoms with Crippen molar-refractivity contribution in [1.82, 2.24) is 10.2 Å². The molecule has 0 saturated heterocycles. The Morgan fingerprint density at radius 2 is 2.21 bits per heavy atom. The van der Waals surface area contributed by atoms with Crippen LogP contribution in [-0.4, -0.2) is 31.3 Å². The van der Waals surface area contributed by atoms with Gasteiger partial charge in [0.2, 0.25) is 0 Å². The third-order valence-corrected chi connectivity index (χ3v) is 4.69. The second-order valence-corrected chi connectivity index (χ2v) is 6.23. The Labute approximate surface area is 111 Å². The van der Waals surface area contributed by atoms with Crippen LogP contribution in [-0.2, 0) is 10.0 Å². The summed E-state index contributed by atoms with van der Waals surface area (Å²) in [6, 6.07) is 7.11. The molecule has 0 aliphatic carbocycles. The minimum Gasteiger partial charge on any atom is -0.487 e. The van der Waals surface area contributed by atoms with Crippen LogP contribution < -0.4 is 9.04 Å². The maximum absolute atomic E-state index is 12.6. The van der Waals surface area contributed by atoms with Crippen LogP contribution in [0, 0.1) is 0 Å². The second-order valence-electron chi connectivity index (χ2n) is 4.37. The fraction of sp³-hybridized carbons (Fsp3) is 0.250. The van der Waals surface area contributed by atoms with E-state index >= 15 is 0 Å². The number of aromatic amines is 1. The molecule has 1 atom stereocenters. The van der Waals surface area contributed by atoms with Gasteiger partial charge < -0.3 is 4.74 Å². The highest BCUT2D eigenvalue weighted by Crippen LogP contribution is 2.36. The molecule has 0 bridgehead atoms. The Hall–Kier alpha value is -2.02. The number of ether oxygens (including phenoxy) is 1. The molecule has 0 amide bonds. The summed E-state index contributed by atoms with van der Waals surface area (Å²) in [6.07, 6.45) is 2.48. The number of aromatic nitrogens is 2. The molecule has 1 aliphatic rings. The summed E-state index contributed by atoms with van der Waals surface area (Å²) in [5, 5.41) is 6.22. The van der Waals surface area contributed by atoms with E-state index in [1.54, 1.807) is 18.2 Å². The van der Waals surface area contributed by atoms with Crippen LogP contribution in [0.15, 0.2) is 41.6 Å². The molecular weight excluding hydrogens is 266 g/mol. The van der Waals surface area contributed by atoms with Crippen molar-refractivity contribution in [2.24, 2.45) is 0 Å². The molecule has 2 heterocycles. The van der Waals surface area contributed by atoms with Gasteiger partial charge in [0.15, 0.2) is 0 Å². The van der Waals surface area contributed by atoms with E-state index in [0.717, 1.165) is 0 Å². The van der Waals surface area contributed by atoms with E-state index in [0.29, 0.717) is 11.4 Å². The molecule has 1 N–H and O–H groups in total. The van der Waals surface area contributed by atoms with E-state index in [2.05, 4.69) is 10.2 Å². The van der Waals surface area contributed by atoms with E-state index in [9.17, 15) is 8.42 Å². The zero-order valence-electron chi connectivity index (χ0n) is 10.3. The van der Waals surface area contributed by atoms with Gasteiger partial charge in [0.25, 0.3) is 10.0 Å². The van der Waals surface area contributed by atoms with Crippen molar-refractivity contribution in [2.75, 3.05) is 10.8 Å². The van der Waals surface area contributed by atoms with Crippen LogP contribution >= 0.6 is 0 Å². The number of rotatable bonds is 2. The molecule has 2 aromatic rings. The summed E-state index contributed by atoms with van der Waals surface area (Å²) in [5.74, 6) is 0.577. The first-order valence-electron chi connectivity index (χ1n) is 5.86. The fourth-order valence-electron chi connectivity index (χ4n) is 2.08. The van der Waals surface area contributed by atoms with Gasteiger partial charge in [-0.15, -0.1) is 0 Å². The van der Waals surface area contributed by atoms with Crippen LogP contribution in [0.1, 0.15) is 6.92 Å². The zero-order valence-corrected chi connectivity index (χ0v) is 11.1. The maximum atomic E-state index is 12.6. The lowest BCUT2D eigenvalue weighted by Crippen LogP contribution is -2.42. The molecule has 3 rings (SSSR count). The Kier molecular flexibility index (Phi) is 2.70. The lowest BCUT2D eigenvalue weighted by Gasteiger charge is -2.33. The van der Waals surface area contributed by atoms with Crippen LogP contribution in [0.5, 0.6) is 5.75 Å². The molecule has 1 aromatic heterocycles. The van der Waals surface area contributed by atoms with E-state index < -0.39 is 10.0 Å². The van der Waals surface area contributed by atoms with Gasteiger partial charge in [-0.05, 0) is 19.1 Å². The molecular formula is C12H13N3O3S. The smallest absolute Gasteiger partial charge is 0.267 e. The predicted molar refractivity (Wildman–Crippen MR) is 69.7 cm³/mol. The van der Waals surface area contributed by atoms with E-state index in [1.165, 1.54) is 16.7 Å². The number of nitrogens with zero attached hydrogens (tertiary/aromatic N) is 2. The van der Waals surface area contributed by atoms with E-state index in [4.69, 9.17) is 4.74 Å². The summed E-state index contributed by atoms with van der Waals surface area (Å²) in [4.78, 5) is 0.149. The highest BCUT2D eigenvalue weighted by Gasteiger charge is 2.33. The molecule has 7 heteroatoms. The van der Waals surface area contributed by atoms with Gasteiger partial charge in [0.05, 0.1) is 18.4 Å². The van der Waals surface area contributed by atoms with Crippen molar-refractivity contribution in [1.29, 1.82) is 0 Å². The highest BCUT2D eigenvalue weighted by atomic mass is 32.2. The molecule has 0 fully saturated rings. The number of benzene rings is 1. The van der Waals surface area contributed by atoms with Crippen molar-refractivity contribution in [2.45, 2.75) is 17.9 Å². The predicted octanol–water partition coefficient (Wildman–Crippen LogP) is 1.39. The van der Waals surface area contributed by atoms with Gasteiger partial charge in [-0.1, -0.05) is 12.1 Å². The Morgan fingerprint density at radius 3 is 2.95 bits per heavy atom. The van der Waals surface area contributed by atoms with Gasteiger partial charge in [-0.3, -0.25) is 9.40 Å². The quantitative estimate of drug-likeness (QED) is 0.901. The lowest BCUT2D eigenvalue weighted by molar-refractivity contribution is 0.219. The minimum atomic E-state index is -3.61. The van der Waals surface area contributed by atoms with Crippen molar-refractivity contribution >= 4 is 15.7 Å². The Morgan fingerprint density at radius 1 is 1.42 bits per heavy atom. The van der Waals surface area contributed by atoms with E-state index in [-0.39, 0.29) is 17.5 Å². The third-order valence-electron chi connectivity index (χ3n) is 2.95. The van der Waals surface area contributed by atoms with Crippen LogP contribution in [0.25, 0.3) is 0 Å². The molecule has 19 heavy (non-hydrogen) atoms. The molecule has 0 saturated carbocycles. The first-order chi connectivity index (χ1) is 9.09. The number of nitrogens with one attached hydrogen (secondary N) is 1. The molecule has 6 nitrogen and oxygen atoms in total. The summed E-state index contributed by atoms with van der Waals surface area (Å²) >= 11 is 0. The Balaban J connectivity index is 2.11. The monoisotopic (exact) mass is 279 g/mol. The van der Waals surface area contributed by atoms with Crippen molar-refractivity contribution in [3.8, 4) is 5.75 Å². The topological polar surface area (TPSA) is 75.3 Å². The summed E-state index contributed by atoms with van der Waals surface area (Å²) in [7, 11) is -3.61. The first-order valence-corrected chi connectivity index (χ1v) is 7.30. The highest BCUT2D eigenvalue weighted by molar-refractivity contribution is 7.92. The first kappa shape index (κ1) is 12.0. The normalized spacial score (nSPS) is 18.8. The summed E-state index contributed by atoms with van der Waals surface area (Å²) in [5.41, 5.74) is 0.557. The zero-order chi connectivity index (χ0) is 13.5. The van der Waals surface area contributed by atoms with Crippen LogP contribution in [0.2, 0.25) is 0 Å². The standard InChI is InChI=1S/C12H13N3O3S/c1-9-8-15(11-4-2-3-5-12(11)18-9)19(16,17)10-6-13-14-7-10/h2-7,9H,8H2,1H3,(H,13,14). The summed E-state index contributed by atoms with van der Waals surface area (Å²) < 4.78 is 32.1. The fourth-order valence-corrected chi connectivity index (χ4v) is 3.54. The van der Waals surface area contributed by atoms with Crippen LogP contribution in [0.4, 0.5) is 5.69 Å². The van der Waals surface area contributed by atoms with Gasteiger partial charge in [0.1, 0.15) is 16.7 Å². The molecule has 1 aliphatic heterocycles. The van der Waals surface area contributed by atoms with Crippen molar-refractivity contribution in [3.05, 3.63) is 36.7 Å². The largest absolute Gasteiger partial charge is 0.487 e. The molecule has 1 unspecified atom stereocenters. The Bertz CT molecular complexity index is 682. The average molecular weight is 279 g/mol. The number of fused-ring (bicyclic) bond motifs is 1. The second kappa shape index (κ2) is 4.27. The third kappa shape index (κ3) is 1.95. The van der Waals surface area contributed by atoms with Gasteiger partial charge in [-0.2, -0.15) is 5.10 Å². The molecule has 1 aromatic carbocycles. The lowest BCUT2D eigenvalue weighted by atomic mass is 10.2. The molecule has 0 spiro atoms. The van der Waals surface area contributed by atoms with Gasteiger partial charge in [0, 0.05) is 6.20 Å². The number of sulfonamides is 1. The number of para-hydroxylation sites is 2. The number of H-pyrrole nitrogens is 1. The van der Waals surface area contributed by atoms with Crippen molar-refractivity contribution in [3.63, 3.8) is 0 Å². The number of anilines is 1. The van der Waals surface area contributed by atoms with Gasteiger partial charge in [-0.25, -0.2) is 8.42 Å². The molecule has 0 radical (unpaired) electrons. The minimum absolute atomic E-state index is 0.149.